The maximum atomic E-state index is 12.1. The number of aliphatic hydroxyl groups excluding tert-OH is 1. The van der Waals surface area contributed by atoms with Crippen molar-refractivity contribution in [1.29, 1.82) is 0 Å². The van der Waals surface area contributed by atoms with Crippen LogP contribution < -0.4 is 10.9 Å². The van der Waals surface area contributed by atoms with Gasteiger partial charge >= 0.3 is 0 Å². The fourth-order valence-corrected chi connectivity index (χ4v) is 2.58. The number of hydrogen-bond donors (Lipinski definition) is 2. The molecule has 1 heterocycles. The fourth-order valence-electron chi connectivity index (χ4n) is 2.58. The number of aliphatic hydroxyl groups is 1. The first-order valence-electron chi connectivity index (χ1n) is 6.65. The number of aromatic nitrogens is 2. The van der Waals surface area contributed by atoms with Crippen LogP contribution in [0.1, 0.15) is 39.0 Å². The van der Waals surface area contributed by atoms with Crippen molar-refractivity contribution in [2.45, 2.75) is 51.1 Å². The van der Waals surface area contributed by atoms with Gasteiger partial charge in [0.2, 0.25) is 0 Å². The molecule has 18 heavy (non-hydrogen) atoms. The van der Waals surface area contributed by atoms with Crippen LogP contribution in [0.25, 0.3) is 0 Å². The number of aryl methyl sites for hydroxylation is 1. The number of hydrogen-bond acceptors (Lipinski definition) is 4. The molecule has 0 radical (unpaired) electrons. The lowest BCUT2D eigenvalue weighted by atomic mass is 9.82. The minimum atomic E-state index is -0.364. The molecule has 1 aromatic heterocycles. The smallest absolute Gasteiger partial charge is 0.293 e. The van der Waals surface area contributed by atoms with Crippen molar-refractivity contribution in [3.63, 3.8) is 0 Å². The van der Waals surface area contributed by atoms with Crippen molar-refractivity contribution in [2.24, 2.45) is 0 Å². The van der Waals surface area contributed by atoms with Gasteiger partial charge in [-0.3, -0.25) is 4.79 Å². The third-order valence-electron chi connectivity index (χ3n) is 3.75. The van der Waals surface area contributed by atoms with E-state index in [1.165, 1.54) is 6.42 Å². The Kier molecular flexibility index (Phi) is 4.01. The van der Waals surface area contributed by atoms with Crippen LogP contribution in [0.3, 0.4) is 0 Å². The molecule has 0 aromatic carbocycles. The predicted molar refractivity (Wildman–Crippen MR) is 70.7 cm³/mol. The molecule has 5 heteroatoms. The summed E-state index contributed by atoms with van der Waals surface area (Å²) >= 11 is 0. The Morgan fingerprint density at radius 3 is 2.78 bits per heavy atom. The van der Waals surface area contributed by atoms with E-state index >= 15 is 0 Å². The molecule has 1 saturated carbocycles. The molecule has 0 atom stereocenters. The van der Waals surface area contributed by atoms with E-state index in [0.717, 1.165) is 25.7 Å². The van der Waals surface area contributed by atoms with Crippen molar-refractivity contribution in [3.8, 4) is 0 Å². The molecule has 1 aliphatic rings. The molecule has 0 aliphatic heterocycles. The first-order valence-corrected chi connectivity index (χ1v) is 6.65. The predicted octanol–water partition coefficient (Wildman–Crippen LogP) is 1.37. The van der Waals surface area contributed by atoms with Crippen LogP contribution in [0.4, 0.5) is 5.82 Å². The van der Waals surface area contributed by atoms with Crippen LogP contribution in [-0.2, 0) is 6.54 Å². The van der Waals surface area contributed by atoms with Crippen molar-refractivity contribution in [2.75, 3.05) is 11.9 Å². The van der Waals surface area contributed by atoms with Crippen molar-refractivity contribution in [3.05, 3.63) is 22.7 Å². The summed E-state index contributed by atoms with van der Waals surface area (Å²) in [5.74, 6) is 0.357. The minimum absolute atomic E-state index is 0.0507. The fraction of sp³-hybridized carbons (Fsp3) is 0.692. The average Bonchev–Trinajstić information content (AvgIpc) is 2.42. The second-order valence-corrected chi connectivity index (χ2v) is 4.99. The van der Waals surface area contributed by atoms with E-state index in [0.29, 0.717) is 12.4 Å². The number of rotatable bonds is 4. The second-order valence-electron chi connectivity index (χ2n) is 4.99. The van der Waals surface area contributed by atoms with Gasteiger partial charge in [0, 0.05) is 18.9 Å². The van der Waals surface area contributed by atoms with Gasteiger partial charge in [-0.15, -0.1) is 0 Å². The SMILES string of the molecule is CCn1ccnc(NC2(CO)CCCCC2)c1=O. The summed E-state index contributed by atoms with van der Waals surface area (Å²) in [5, 5.41) is 12.8. The van der Waals surface area contributed by atoms with Gasteiger partial charge in [0.15, 0.2) is 5.82 Å². The summed E-state index contributed by atoms with van der Waals surface area (Å²) in [7, 11) is 0. The van der Waals surface area contributed by atoms with Gasteiger partial charge in [0.1, 0.15) is 0 Å². The van der Waals surface area contributed by atoms with Gasteiger partial charge in [0.05, 0.1) is 12.1 Å². The van der Waals surface area contributed by atoms with Gasteiger partial charge in [0.25, 0.3) is 5.56 Å². The van der Waals surface area contributed by atoms with Crippen molar-refractivity contribution >= 4 is 5.82 Å². The molecule has 0 spiro atoms. The molecule has 0 saturated heterocycles. The molecule has 1 aromatic rings. The van der Waals surface area contributed by atoms with Gasteiger partial charge < -0.3 is 15.0 Å². The molecule has 100 valence electrons. The Bertz CT molecular complexity index is 450. The monoisotopic (exact) mass is 251 g/mol. The molecule has 2 N–H and O–H groups in total. The maximum Gasteiger partial charge on any atom is 0.293 e. The van der Waals surface area contributed by atoms with E-state index in [4.69, 9.17) is 0 Å². The highest BCUT2D eigenvalue weighted by Gasteiger charge is 2.32. The van der Waals surface area contributed by atoms with Gasteiger partial charge in [-0.05, 0) is 19.8 Å². The standard InChI is InChI=1S/C13H21N3O2/c1-2-16-9-8-14-11(12(16)18)15-13(10-17)6-4-3-5-7-13/h8-9,17H,2-7,10H2,1H3,(H,14,15). The van der Waals surface area contributed by atoms with Gasteiger partial charge in [-0.25, -0.2) is 4.98 Å². The molecule has 2 rings (SSSR count). The summed E-state index contributed by atoms with van der Waals surface area (Å²) in [4.78, 5) is 16.2. The lowest BCUT2D eigenvalue weighted by Crippen LogP contribution is -2.46. The van der Waals surface area contributed by atoms with Crippen LogP contribution >= 0.6 is 0 Å². The van der Waals surface area contributed by atoms with Crippen LogP contribution in [-0.4, -0.2) is 26.8 Å². The van der Waals surface area contributed by atoms with Crippen LogP contribution in [0.15, 0.2) is 17.2 Å². The topological polar surface area (TPSA) is 67.2 Å². The molecular weight excluding hydrogens is 230 g/mol. The third kappa shape index (κ3) is 2.56. The van der Waals surface area contributed by atoms with Crippen LogP contribution in [0, 0.1) is 0 Å². The summed E-state index contributed by atoms with van der Waals surface area (Å²) in [6.45, 7) is 2.60. The summed E-state index contributed by atoms with van der Waals surface area (Å²) in [6.07, 6.45) is 8.47. The van der Waals surface area contributed by atoms with E-state index in [2.05, 4.69) is 10.3 Å². The van der Waals surface area contributed by atoms with E-state index in [1.54, 1.807) is 17.0 Å². The molecule has 0 bridgehead atoms. The van der Waals surface area contributed by atoms with Crippen molar-refractivity contribution in [1.82, 2.24) is 9.55 Å². The first-order chi connectivity index (χ1) is 8.71. The third-order valence-corrected chi connectivity index (χ3v) is 3.75. The van der Waals surface area contributed by atoms with E-state index < -0.39 is 0 Å². The van der Waals surface area contributed by atoms with E-state index in [-0.39, 0.29) is 17.7 Å². The highest BCUT2D eigenvalue weighted by atomic mass is 16.3. The lowest BCUT2D eigenvalue weighted by molar-refractivity contribution is 0.172. The van der Waals surface area contributed by atoms with Crippen LogP contribution in [0.2, 0.25) is 0 Å². The average molecular weight is 251 g/mol. The minimum Gasteiger partial charge on any atom is -0.394 e. The number of anilines is 1. The Morgan fingerprint density at radius 1 is 1.44 bits per heavy atom. The highest BCUT2D eigenvalue weighted by molar-refractivity contribution is 5.35. The molecule has 0 amide bonds. The molecule has 0 unspecified atom stereocenters. The van der Waals surface area contributed by atoms with Gasteiger partial charge in [-0.2, -0.15) is 0 Å². The zero-order chi connectivity index (χ0) is 13.0. The van der Waals surface area contributed by atoms with Crippen LogP contribution in [0.5, 0.6) is 0 Å². The molecular formula is C13H21N3O2. The maximum absolute atomic E-state index is 12.1. The summed E-state index contributed by atoms with van der Waals surface area (Å²) in [6, 6.07) is 0. The Labute approximate surface area is 107 Å². The van der Waals surface area contributed by atoms with E-state index in [1.807, 2.05) is 6.92 Å². The zero-order valence-corrected chi connectivity index (χ0v) is 10.9. The largest absolute Gasteiger partial charge is 0.394 e. The molecule has 1 aliphatic carbocycles. The zero-order valence-electron chi connectivity index (χ0n) is 10.9. The Morgan fingerprint density at radius 2 is 2.17 bits per heavy atom. The molecule has 1 fully saturated rings. The summed E-state index contributed by atoms with van der Waals surface area (Å²) in [5.41, 5.74) is -0.476. The number of nitrogens with zero attached hydrogens (tertiary/aromatic N) is 2. The van der Waals surface area contributed by atoms with Crippen molar-refractivity contribution < 1.29 is 5.11 Å². The lowest BCUT2D eigenvalue weighted by Gasteiger charge is -2.36. The second kappa shape index (κ2) is 5.52. The normalized spacial score (nSPS) is 18.6. The van der Waals surface area contributed by atoms with E-state index in [9.17, 15) is 9.90 Å². The quantitative estimate of drug-likeness (QED) is 0.848. The number of nitrogens with one attached hydrogen (secondary N) is 1. The molecule has 5 nitrogen and oxygen atoms in total. The Hall–Kier alpha value is -1.36. The first kappa shape index (κ1) is 13.1. The highest BCUT2D eigenvalue weighted by Crippen LogP contribution is 2.30. The van der Waals surface area contributed by atoms with Gasteiger partial charge in [-0.1, -0.05) is 19.3 Å². The summed E-state index contributed by atoms with van der Waals surface area (Å²) < 4.78 is 1.61. The Balaban J connectivity index is 2.24.